The number of nitrogens with zero attached hydrogens (tertiary/aromatic N) is 5. The lowest BCUT2D eigenvalue weighted by Crippen LogP contribution is -2.24. The topological polar surface area (TPSA) is 85.8 Å². The van der Waals surface area contributed by atoms with Crippen LogP contribution in [-0.2, 0) is 13.2 Å². The van der Waals surface area contributed by atoms with E-state index in [1.54, 1.807) is 18.2 Å². The van der Waals surface area contributed by atoms with Crippen molar-refractivity contribution in [1.82, 2.24) is 29.3 Å². The van der Waals surface area contributed by atoms with E-state index in [1.165, 1.54) is 0 Å². The number of carbonyl (C=O) groups is 1. The van der Waals surface area contributed by atoms with Crippen LogP contribution < -0.4 is 10.1 Å². The lowest BCUT2D eigenvalue weighted by atomic mass is 10.2. The Morgan fingerprint density at radius 1 is 0.933 bits per heavy atom. The largest absolute Gasteiger partial charge is 0.486 e. The van der Waals surface area contributed by atoms with Crippen molar-refractivity contribution in [3.8, 4) is 5.75 Å². The Hall–Kier alpha value is -4.20. The molecule has 0 saturated carbocycles. The average molecular weight is 398 g/mol. The summed E-state index contributed by atoms with van der Waals surface area (Å²) in [6, 6.07) is 18.6. The normalized spacial score (nSPS) is 11.1. The van der Waals surface area contributed by atoms with E-state index in [4.69, 9.17) is 4.74 Å². The number of imidazole rings is 1. The van der Waals surface area contributed by atoms with Crippen LogP contribution in [0.3, 0.4) is 0 Å². The standard InChI is InChI=1S/C22H18N6O2/c29-22(23-13-21-26-25-20-10-4-6-12-28(20)21)17-7-1-2-8-18(17)30-15-16-14-27-11-5-3-9-19(27)24-16/h1-12,14H,13,15H2,(H,23,29). The van der Waals surface area contributed by atoms with Crippen LogP contribution in [0.5, 0.6) is 5.75 Å². The Kier molecular flexibility index (Phi) is 4.57. The Labute approximate surface area is 171 Å². The van der Waals surface area contributed by atoms with Gasteiger partial charge in [0.15, 0.2) is 11.5 Å². The quantitative estimate of drug-likeness (QED) is 0.475. The van der Waals surface area contributed by atoms with Crippen LogP contribution in [0, 0.1) is 0 Å². The number of pyridine rings is 2. The van der Waals surface area contributed by atoms with Crippen molar-refractivity contribution in [2.45, 2.75) is 13.2 Å². The molecule has 0 atom stereocenters. The molecular weight excluding hydrogens is 380 g/mol. The van der Waals surface area contributed by atoms with Crippen molar-refractivity contribution >= 4 is 17.2 Å². The van der Waals surface area contributed by atoms with Gasteiger partial charge in [-0.2, -0.15) is 0 Å². The Morgan fingerprint density at radius 2 is 1.73 bits per heavy atom. The van der Waals surface area contributed by atoms with Crippen molar-refractivity contribution in [3.63, 3.8) is 0 Å². The number of amides is 1. The summed E-state index contributed by atoms with van der Waals surface area (Å²) in [7, 11) is 0. The molecule has 0 saturated heterocycles. The summed E-state index contributed by atoms with van der Waals surface area (Å²) in [5.41, 5.74) is 2.82. The summed E-state index contributed by atoms with van der Waals surface area (Å²) in [5, 5.41) is 11.1. The third-order valence-corrected chi connectivity index (χ3v) is 4.71. The molecule has 1 N–H and O–H groups in total. The summed E-state index contributed by atoms with van der Waals surface area (Å²) in [4.78, 5) is 17.3. The second kappa shape index (κ2) is 7.67. The van der Waals surface area contributed by atoms with Gasteiger partial charge in [0.05, 0.1) is 17.8 Å². The molecule has 4 aromatic heterocycles. The molecule has 0 unspecified atom stereocenters. The van der Waals surface area contributed by atoms with Crippen molar-refractivity contribution in [2.24, 2.45) is 0 Å². The zero-order valence-electron chi connectivity index (χ0n) is 16.0. The SMILES string of the molecule is O=C(NCc1nnc2ccccn12)c1ccccc1OCc1cn2ccccc2n1. The number of carbonyl (C=O) groups excluding carboxylic acids is 1. The van der Waals surface area contributed by atoms with Crippen molar-refractivity contribution in [3.05, 3.63) is 96.3 Å². The fourth-order valence-corrected chi connectivity index (χ4v) is 3.25. The van der Waals surface area contributed by atoms with Gasteiger partial charge in [0, 0.05) is 18.6 Å². The number of benzene rings is 1. The number of ether oxygens (including phenoxy) is 1. The number of hydrogen-bond acceptors (Lipinski definition) is 5. The predicted molar refractivity (Wildman–Crippen MR) is 110 cm³/mol. The maximum atomic E-state index is 12.8. The third-order valence-electron chi connectivity index (χ3n) is 4.71. The Bertz CT molecular complexity index is 1310. The molecule has 148 valence electrons. The van der Waals surface area contributed by atoms with E-state index in [2.05, 4.69) is 20.5 Å². The monoisotopic (exact) mass is 398 g/mol. The molecule has 0 aliphatic rings. The molecule has 30 heavy (non-hydrogen) atoms. The summed E-state index contributed by atoms with van der Waals surface area (Å²) >= 11 is 0. The minimum atomic E-state index is -0.242. The van der Waals surface area contributed by atoms with Crippen molar-refractivity contribution < 1.29 is 9.53 Å². The van der Waals surface area contributed by atoms with Crippen molar-refractivity contribution in [1.29, 1.82) is 0 Å². The lowest BCUT2D eigenvalue weighted by Gasteiger charge is -2.10. The van der Waals surface area contributed by atoms with Crippen LogP contribution in [0.25, 0.3) is 11.3 Å². The number of rotatable bonds is 6. The van der Waals surface area contributed by atoms with Gasteiger partial charge in [0.25, 0.3) is 5.91 Å². The smallest absolute Gasteiger partial charge is 0.255 e. The molecule has 0 fully saturated rings. The first-order valence-electron chi connectivity index (χ1n) is 9.49. The average Bonchev–Trinajstić information content (AvgIpc) is 3.40. The molecule has 0 aliphatic carbocycles. The molecule has 5 rings (SSSR count). The molecule has 0 spiro atoms. The molecule has 5 aromatic rings. The second-order valence-corrected chi connectivity index (χ2v) is 6.71. The molecule has 1 aromatic carbocycles. The zero-order chi connectivity index (χ0) is 20.3. The predicted octanol–water partition coefficient (Wildman–Crippen LogP) is 2.89. The fraction of sp³-hybridized carbons (Fsp3) is 0.0909. The van der Waals surface area contributed by atoms with Gasteiger partial charge in [-0.15, -0.1) is 10.2 Å². The Balaban J connectivity index is 1.29. The van der Waals surface area contributed by atoms with Crippen LogP contribution in [-0.4, -0.2) is 29.9 Å². The van der Waals surface area contributed by atoms with Gasteiger partial charge in [-0.3, -0.25) is 9.20 Å². The van der Waals surface area contributed by atoms with Gasteiger partial charge >= 0.3 is 0 Å². The molecule has 0 aliphatic heterocycles. The molecule has 1 amide bonds. The molecular formula is C22H18N6O2. The summed E-state index contributed by atoms with van der Waals surface area (Å²) in [6.07, 6.45) is 5.71. The van der Waals surface area contributed by atoms with Crippen molar-refractivity contribution in [2.75, 3.05) is 0 Å². The molecule has 4 heterocycles. The van der Waals surface area contributed by atoms with E-state index in [0.29, 0.717) is 17.1 Å². The van der Waals surface area contributed by atoms with Gasteiger partial charge in [-0.25, -0.2) is 4.98 Å². The van der Waals surface area contributed by atoms with Gasteiger partial charge in [-0.05, 0) is 36.4 Å². The Morgan fingerprint density at radius 3 is 2.63 bits per heavy atom. The number of nitrogens with one attached hydrogen (secondary N) is 1. The van der Waals surface area contributed by atoms with E-state index < -0.39 is 0 Å². The highest BCUT2D eigenvalue weighted by molar-refractivity contribution is 5.96. The van der Waals surface area contributed by atoms with Gasteiger partial charge < -0.3 is 14.5 Å². The van der Waals surface area contributed by atoms with Crippen LogP contribution in [0.2, 0.25) is 0 Å². The van der Waals surface area contributed by atoms with E-state index in [9.17, 15) is 4.79 Å². The first-order chi connectivity index (χ1) is 14.8. The summed E-state index contributed by atoms with van der Waals surface area (Å²) in [5.74, 6) is 0.911. The van der Waals surface area contributed by atoms with Crippen LogP contribution >= 0.6 is 0 Å². The molecule has 8 heteroatoms. The lowest BCUT2D eigenvalue weighted by molar-refractivity contribution is 0.0945. The number of aromatic nitrogens is 5. The van der Waals surface area contributed by atoms with E-state index in [1.807, 2.05) is 69.9 Å². The number of para-hydroxylation sites is 1. The van der Waals surface area contributed by atoms with Crippen LogP contribution in [0.1, 0.15) is 21.9 Å². The highest BCUT2D eigenvalue weighted by atomic mass is 16.5. The number of fused-ring (bicyclic) bond motifs is 2. The first kappa shape index (κ1) is 17.9. The van der Waals surface area contributed by atoms with E-state index >= 15 is 0 Å². The highest BCUT2D eigenvalue weighted by Crippen LogP contribution is 2.19. The minimum absolute atomic E-state index is 0.242. The van der Waals surface area contributed by atoms with Crippen LogP contribution in [0.4, 0.5) is 0 Å². The first-order valence-corrected chi connectivity index (χ1v) is 9.49. The van der Waals surface area contributed by atoms with Crippen LogP contribution in [0.15, 0.2) is 79.3 Å². The van der Waals surface area contributed by atoms with Gasteiger partial charge in [0.2, 0.25) is 0 Å². The number of hydrogen-bond donors (Lipinski definition) is 1. The zero-order valence-corrected chi connectivity index (χ0v) is 16.0. The highest BCUT2D eigenvalue weighted by Gasteiger charge is 2.14. The summed E-state index contributed by atoms with van der Waals surface area (Å²) < 4.78 is 9.68. The fourth-order valence-electron chi connectivity index (χ4n) is 3.25. The van der Waals surface area contributed by atoms with Gasteiger partial charge in [0.1, 0.15) is 18.0 Å². The van der Waals surface area contributed by atoms with E-state index in [-0.39, 0.29) is 19.1 Å². The maximum absolute atomic E-state index is 12.8. The van der Waals surface area contributed by atoms with E-state index in [0.717, 1.165) is 17.0 Å². The molecule has 0 radical (unpaired) electrons. The maximum Gasteiger partial charge on any atom is 0.255 e. The molecule has 8 nitrogen and oxygen atoms in total. The minimum Gasteiger partial charge on any atom is -0.486 e. The second-order valence-electron chi connectivity index (χ2n) is 6.71. The summed E-state index contributed by atoms with van der Waals surface area (Å²) in [6.45, 7) is 0.519. The molecule has 0 bridgehead atoms. The third kappa shape index (κ3) is 3.46. The van der Waals surface area contributed by atoms with Gasteiger partial charge in [-0.1, -0.05) is 24.3 Å².